The molecule has 1 unspecified atom stereocenters. The predicted molar refractivity (Wildman–Crippen MR) is 110 cm³/mol. The smallest absolute Gasteiger partial charge is 0.354 e. The molecule has 7 heteroatoms. The quantitative estimate of drug-likeness (QED) is 0.482. The number of aromatic hydroxyl groups is 1. The first-order valence-corrected chi connectivity index (χ1v) is 9.94. The minimum atomic E-state index is -0.689. The molecule has 0 fully saturated rings. The van der Waals surface area contributed by atoms with E-state index in [2.05, 4.69) is 0 Å². The van der Waals surface area contributed by atoms with Crippen molar-refractivity contribution in [2.45, 2.75) is 29.2 Å². The molecule has 1 aliphatic rings. The molecule has 0 saturated carbocycles. The summed E-state index contributed by atoms with van der Waals surface area (Å²) >= 11 is 7.03. The van der Waals surface area contributed by atoms with Crippen LogP contribution in [0.2, 0.25) is 5.02 Å². The Balaban J connectivity index is 1.86. The first kappa shape index (κ1) is 17.4. The summed E-state index contributed by atoms with van der Waals surface area (Å²) < 4.78 is 7.24. The Morgan fingerprint density at radius 3 is 2.79 bits per heavy atom. The van der Waals surface area contributed by atoms with Gasteiger partial charge in [0.25, 0.3) is 5.56 Å². The molecule has 1 N–H and O–H groups in total. The van der Waals surface area contributed by atoms with Gasteiger partial charge < -0.3 is 14.1 Å². The second-order valence-corrected chi connectivity index (χ2v) is 8.39. The number of rotatable bonds is 2. The van der Waals surface area contributed by atoms with Crippen molar-refractivity contribution in [3.63, 3.8) is 0 Å². The molecule has 4 aromatic rings. The average molecular weight is 412 g/mol. The van der Waals surface area contributed by atoms with E-state index in [1.54, 1.807) is 34.9 Å². The number of aromatic nitrogens is 1. The van der Waals surface area contributed by atoms with Crippen LogP contribution >= 0.6 is 23.4 Å². The highest BCUT2D eigenvalue weighted by molar-refractivity contribution is 7.99. The summed E-state index contributed by atoms with van der Waals surface area (Å²) in [7, 11) is 0. The van der Waals surface area contributed by atoms with Crippen molar-refractivity contribution in [3.05, 3.63) is 73.8 Å². The molecule has 0 saturated heterocycles. The van der Waals surface area contributed by atoms with Gasteiger partial charge in [0, 0.05) is 21.3 Å². The number of halogens is 1. The van der Waals surface area contributed by atoms with Crippen LogP contribution in [0.5, 0.6) is 5.75 Å². The number of hydrogen-bond acceptors (Lipinski definition) is 5. The van der Waals surface area contributed by atoms with E-state index in [1.165, 1.54) is 0 Å². The summed E-state index contributed by atoms with van der Waals surface area (Å²) in [5.74, 6) is -0.351. The summed E-state index contributed by atoms with van der Waals surface area (Å²) in [6, 6.07) is 12.5. The van der Waals surface area contributed by atoms with Crippen LogP contribution in [0.4, 0.5) is 0 Å². The second kappa shape index (κ2) is 6.15. The summed E-state index contributed by atoms with van der Waals surface area (Å²) in [5, 5.41) is 12.1. The lowest BCUT2D eigenvalue weighted by atomic mass is 10.1. The SMILES string of the molecule is CC1Cc2cccc3c4oc(=O)c(Sc5cccc(Cl)c5)c(O)c4c(=O)n1c23. The van der Waals surface area contributed by atoms with E-state index in [-0.39, 0.29) is 33.2 Å². The summed E-state index contributed by atoms with van der Waals surface area (Å²) in [6.45, 7) is 1.96. The zero-order chi connectivity index (χ0) is 19.6. The van der Waals surface area contributed by atoms with Gasteiger partial charge in [0.1, 0.15) is 10.3 Å². The Labute approximate surface area is 168 Å². The van der Waals surface area contributed by atoms with Gasteiger partial charge in [-0.25, -0.2) is 4.79 Å². The van der Waals surface area contributed by atoms with Gasteiger partial charge in [-0.3, -0.25) is 4.79 Å². The van der Waals surface area contributed by atoms with Crippen LogP contribution in [0.1, 0.15) is 18.5 Å². The lowest BCUT2D eigenvalue weighted by Crippen LogP contribution is -2.22. The highest BCUT2D eigenvalue weighted by Crippen LogP contribution is 2.40. The molecule has 1 atom stereocenters. The normalized spacial score (nSPS) is 15.6. The monoisotopic (exact) mass is 411 g/mol. The molecule has 2 aromatic heterocycles. The van der Waals surface area contributed by atoms with E-state index in [9.17, 15) is 14.7 Å². The van der Waals surface area contributed by atoms with Gasteiger partial charge >= 0.3 is 5.63 Å². The maximum Gasteiger partial charge on any atom is 0.354 e. The fourth-order valence-corrected chi connectivity index (χ4v) is 5.06. The zero-order valence-corrected chi connectivity index (χ0v) is 16.3. The molecule has 5 nitrogen and oxygen atoms in total. The first-order valence-electron chi connectivity index (χ1n) is 8.75. The van der Waals surface area contributed by atoms with Gasteiger partial charge in [-0.05, 0) is 43.2 Å². The topological polar surface area (TPSA) is 72.4 Å². The third-order valence-electron chi connectivity index (χ3n) is 5.07. The molecule has 28 heavy (non-hydrogen) atoms. The number of benzene rings is 2. The molecular weight excluding hydrogens is 398 g/mol. The van der Waals surface area contributed by atoms with Crippen molar-refractivity contribution in [3.8, 4) is 5.75 Å². The van der Waals surface area contributed by atoms with Crippen molar-refractivity contribution in [1.82, 2.24) is 4.57 Å². The fourth-order valence-electron chi connectivity index (χ4n) is 3.91. The van der Waals surface area contributed by atoms with Gasteiger partial charge in [-0.2, -0.15) is 0 Å². The Bertz CT molecular complexity index is 1410. The standard InChI is InChI=1S/C21H14ClNO4S/c1-10-8-11-4-2-7-14-16(11)23(10)20(25)15-17(24)19(21(26)27-18(14)15)28-13-6-3-5-12(22)9-13/h2-7,9-10,24H,8H2,1H3. The molecule has 3 heterocycles. The Hall–Kier alpha value is -2.70. The molecule has 0 aliphatic carbocycles. The summed E-state index contributed by atoms with van der Waals surface area (Å²) in [4.78, 5) is 26.5. The van der Waals surface area contributed by atoms with Gasteiger partial charge in [-0.15, -0.1) is 0 Å². The van der Waals surface area contributed by atoms with Gasteiger partial charge in [0.15, 0.2) is 11.3 Å². The molecule has 0 amide bonds. The number of para-hydroxylation sites is 1. The van der Waals surface area contributed by atoms with E-state index in [0.717, 1.165) is 29.3 Å². The maximum absolute atomic E-state index is 13.2. The molecule has 5 rings (SSSR count). The van der Waals surface area contributed by atoms with E-state index in [1.807, 2.05) is 19.1 Å². The van der Waals surface area contributed by atoms with Crippen molar-refractivity contribution >= 4 is 45.2 Å². The third kappa shape index (κ3) is 2.41. The van der Waals surface area contributed by atoms with E-state index >= 15 is 0 Å². The molecule has 0 bridgehead atoms. The predicted octanol–water partition coefficient (Wildman–Crippen LogP) is 4.74. The van der Waals surface area contributed by atoms with Crippen molar-refractivity contribution in [1.29, 1.82) is 0 Å². The zero-order valence-electron chi connectivity index (χ0n) is 14.7. The number of nitrogens with zero attached hydrogens (tertiary/aromatic N) is 1. The van der Waals surface area contributed by atoms with Crippen LogP contribution in [0.15, 0.2) is 66.3 Å². The van der Waals surface area contributed by atoms with E-state index in [0.29, 0.717) is 15.3 Å². The van der Waals surface area contributed by atoms with Gasteiger partial charge in [0.05, 0.1) is 5.52 Å². The van der Waals surface area contributed by atoms with Crippen LogP contribution in [0, 0.1) is 0 Å². The number of fused-ring (bicyclic) bond motifs is 2. The lowest BCUT2D eigenvalue weighted by molar-refractivity contribution is 0.446. The Kier molecular flexibility index (Phi) is 3.82. The van der Waals surface area contributed by atoms with Crippen LogP contribution < -0.4 is 11.2 Å². The maximum atomic E-state index is 13.2. The second-order valence-electron chi connectivity index (χ2n) is 6.87. The molecule has 140 valence electrons. The number of pyridine rings is 1. The average Bonchev–Trinajstić information content (AvgIpc) is 3.00. The molecule has 1 aliphatic heterocycles. The Morgan fingerprint density at radius 1 is 1.21 bits per heavy atom. The van der Waals surface area contributed by atoms with E-state index in [4.69, 9.17) is 16.0 Å². The summed E-state index contributed by atoms with van der Waals surface area (Å²) in [6.07, 6.45) is 0.720. The van der Waals surface area contributed by atoms with Crippen LogP contribution in [0.25, 0.3) is 21.9 Å². The van der Waals surface area contributed by atoms with Gasteiger partial charge in [0.2, 0.25) is 0 Å². The number of hydrogen-bond donors (Lipinski definition) is 1. The van der Waals surface area contributed by atoms with Crippen LogP contribution in [-0.2, 0) is 6.42 Å². The molecule has 2 aromatic carbocycles. The first-order chi connectivity index (χ1) is 13.5. The van der Waals surface area contributed by atoms with E-state index < -0.39 is 5.63 Å². The van der Waals surface area contributed by atoms with Crippen LogP contribution in [-0.4, -0.2) is 9.67 Å². The van der Waals surface area contributed by atoms with Crippen molar-refractivity contribution < 1.29 is 9.52 Å². The van der Waals surface area contributed by atoms with Crippen LogP contribution in [0.3, 0.4) is 0 Å². The lowest BCUT2D eigenvalue weighted by Gasteiger charge is -2.13. The fraction of sp³-hybridized carbons (Fsp3) is 0.143. The van der Waals surface area contributed by atoms with Crippen molar-refractivity contribution in [2.24, 2.45) is 0 Å². The van der Waals surface area contributed by atoms with Gasteiger partial charge in [-0.1, -0.05) is 41.6 Å². The van der Waals surface area contributed by atoms with Crippen molar-refractivity contribution in [2.75, 3.05) is 0 Å². The minimum Gasteiger partial charge on any atom is -0.505 e. The summed E-state index contributed by atoms with van der Waals surface area (Å²) in [5.41, 5.74) is 0.888. The molecule has 0 radical (unpaired) electrons. The Morgan fingerprint density at radius 2 is 2.00 bits per heavy atom. The highest BCUT2D eigenvalue weighted by Gasteiger charge is 2.28. The largest absolute Gasteiger partial charge is 0.505 e. The highest BCUT2D eigenvalue weighted by atomic mass is 35.5. The minimum absolute atomic E-state index is 0.0270. The molecule has 0 spiro atoms. The molecular formula is C21H14ClNO4S. The third-order valence-corrected chi connectivity index (χ3v) is 6.36.